The number of aromatic nitrogens is 2. The highest BCUT2D eigenvalue weighted by atomic mass is 32.2. The van der Waals surface area contributed by atoms with E-state index in [0.717, 1.165) is 22.6 Å². The van der Waals surface area contributed by atoms with E-state index in [0.29, 0.717) is 19.3 Å². The van der Waals surface area contributed by atoms with Crippen molar-refractivity contribution in [3.8, 4) is 0 Å². The summed E-state index contributed by atoms with van der Waals surface area (Å²) < 4.78 is 32.4. The summed E-state index contributed by atoms with van der Waals surface area (Å²) in [6.07, 6.45) is 1.50. The Morgan fingerprint density at radius 1 is 1.50 bits per heavy atom. The van der Waals surface area contributed by atoms with Crippen molar-refractivity contribution in [2.24, 2.45) is 0 Å². The van der Waals surface area contributed by atoms with Crippen LogP contribution in [0.25, 0.3) is 0 Å². The maximum absolute atomic E-state index is 12.6. The van der Waals surface area contributed by atoms with E-state index in [1.54, 1.807) is 0 Å². The molecule has 1 unspecified atom stereocenters. The number of ether oxygens (including phenoxy) is 1. The number of rotatable bonds is 4. The second-order valence-corrected chi connectivity index (χ2v) is 7.97. The number of esters is 1. The van der Waals surface area contributed by atoms with E-state index in [9.17, 15) is 18.0 Å². The fourth-order valence-electron chi connectivity index (χ4n) is 2.67. The van der Waals surface area contributed by atoms with Crippen molar-refractivity contribution in [2.75, 3.05) is 7.11 Å². The predicted octanol–water partition coefficient (Wildman–Crippen LogP) is 0.454. The number of thiophene rings is 1. The highest BCUT2D eigenvalue weighted by Gasteiger charge is 2.29. The minimum Gasteiger partial charge on any atom is -0.465 e. The number of carbonyl (C=O) groups excluding carboxylic acids is 1. The number of carbonyl (C=O) groups is 1. The minimum absolute atomic E-state index is 0.0410. The van der Waals surface area contributed by atoms with Crippen LogP contribution in [0.15, 0.2) is 27.2 Å². The number of methoxy groups -OCH3 is 1. The first-order chi connectivity index (χ1) is 11.4. The summed E-state index contributed by atoms with van der Waals surface area (Å²) in [6, 6.07) is 2.45. The molecule has 8 nitrogen and oxygen atoms in total. The van der Waals surface area contributed by atoms with Crippen molar-refractivity contribution in [1.82, 2.24) is 14.9 Å². The summed E-state index contributed by atoms with van der Waals surface area (Å²) in [6.45, 7) is 0. The molecule has 0 saturated heterocycles. The fraction of sp³-hybridized carbons (Fsp3) is 0.357. The monoisotopic (exact) mass is 369 g/mol. The third-order valence-electron chi connectivity index (χ3n) is 3.78. The molecule has 0 saturated carbocycles. The number of hydrogen-bond donors (Lipinski definition) is 2. The molecule has 2 aromatic rings. The molecular formula is C14H15N3O5S2. The van der Waals surface area contributed by atoms with Crippen molar-refractivity contribution in [3.05, 3.63) is 44.0 Å². The van der Waals surface area contributed by atoms with Gasteiger partial charge in [-0.1, -0.05) is 0 Å². The van der Waals surface area contributed by atoms with Crippen LogP contribution in [0, 0.1) is 0 Å². The lowest BCUT2D eigenvalue weighted by atomic mass is 9.93. The van der Waals surface area contributed by atoms with Crippen LogP contribution < -0.4 is 10.3 Å². The lowest BCUT2D eigenvalue weighted by Crippen LogP contribution is -2.39. The second kappa shape index (κ2) is 6.46. The number of sulfonamides is 1. The molecule has 0 spiro atoms. The average Bonchev–Trinajstić information content (AvgIpc) is 3.04. The van der Waals surface area contributed by atoms with E-state index in [-0.39, 0.29) is 21.4 Å². The summed E-state index contributed by atoms with van der Waals surface area (Å²) in [7, 11) is -2.66. The zero-order valence-corrected chi connectivity index (χ0v) is 14.4. The molecule has 3 rings (SSSR count). The molecule has 2 aromatic heterocycles. The zero-order chi connectivity index (χ0) is 17.3. The normalized spacial score (nSPS) is 17.3. The Labute approximate surface area is 141 Å². The summed E-state index contributed by atoms with van der Waals surface area (Å²) in [5.41, 5.74) is 1.19. The van der Waals surface area contributed by atoms with Crippen molar-refractivity contribution in [2.45, 2.75) is 30.2 Å². The van der Waals surface area contributed by atoms with E-state index < -0.39 is 16.0 Å². The Balaban J connectivity index is 1.82. The quantitative estimate of drug-likeness (QED) is 0.756. The number of nitrogens with one attached hydrogen (secondary N) is 2. The van der Waals surface area contributed by atoms with Gasteiger partial charge in [0.15, 0.2) is 0 Å². The lowest BCUT2D eigenvalue weighted by molar-refractivity contribution is 0.0602. The molecule has 0 fully saturated rings. The van der Waals surface area contributed by atoms with Crippen molar-refractivity contribution in [3.63, 3.8) is 0 Å². The van der Waals surface area contributed by atoms with Crippen LogP contribution in [0.1, 0.15) is 27.3 Å². The summed E-state index contributed by atoms with van der Waals surface area (Å²) >= 11 is 1.01. The second-order valence-electron chi connectivity index (χ2n) is 5.37. The Kier molecular flexibility index (Phi) is 4.52. The number of aromatic amines is 1. The van der Waals surface area contributed by atoms with Crippen LogP contribution in [-0.4, -0.2) is 37.7 Å². The van der Waals surface area contributed by atoms with Crippen LogP contribution in [0.2, 0.25) is 0 Å². The van der Waals surface area contributed by atoms with Gasteiger partial charge >= 0.3 is 5.97 Å². The van der Waals surface area contributed by atoms with Gasteiger partial charge in [-0.15, -0.1) is 11.3 Å². The molecule has 10 heteroatoms. The van der Waals surface area contributed by atoms with E-state index in [4.69, 9.17) is 0 Å². The van der Waals surface area contributed by atoms with Gasteiger partial charge in [-0.3, -0.25) is 4.79 Å². The molecule has 2 N–H and O–H groups in total. The summed E-state index contributed by atoms with van der Waals surface area (Å²) in [5, 5.41) is 7.88. The van der Waals surface area contributed by atoms with Crippen molar-refractivity contribution in [1.29, 1.82) is 0 Å². The number of H-pyrrole nitrogens is 1. The largest absolute Gasteiger partial charge is 0.465 e. The molecular weight excluding hydrogens is 354 g/mol. The molecule has 0 aliphatic heterocycles. The first-order valence-electron chi connectivity index (χ1n) is 7.16. The van der Waals surface area contributed by atoms with E-state index in [1.165, 1.54) is 24.6 Å². The Morgan fingerprint density at radius 3 is 3.04 bits per heavy atom. The van der Waals surface area contributed by atoms with Gasteiger partial charge in [-0.05, 0) is 36.3 Å². The molecule has 0 bridgehead atoms. The number of nitrogens with zero attached hydrogens (tertiary/aromatic N) is 1. The molecule has 128 valence electrons. The first-order valence-corrected chi connectivity index (χ1v) is 9.52. The first kappa shape index (κ1) is 16.8. The van der Waals surface area contributed by atoms with Crippen molar-refractivity contribution < 1.29 is 17.9 Å². The summed E-state index contributed by atoms with van der Waals surface area (Å²) in [4.78, 5) is 23.0. The number of hydrogen-bond acceptors (Lipinski definition) is 7. The van der Waals surface area contributed by atoms with E-state index >= 15 is 0 Å². The van der Waals surface area contributed by atoms with Crippen LogP contribution in [0.3, 0.4) is 0 Å². The third-order valence-corrected chi connectivity index (χ3v) is 6.37. The summed E-state index contributed by atoms with van der Waals surface area (Å²) in [5.74, 6) is -0.685. The van der Waals surface area contributed by atoms with Gasteiger partial charge in [0.25, 0.3) is 5.56 Å². The molecule has 24 heavy (non-hydrogen) atoms. The lowest BCUT2D eigenvalue weighted by Gasteiger charge is -2.24. The molecule has 2 heterocycles. The van der Waals surface area contributed by atoms with Crippen LogP contribution in [0.5, 0.6) is 0 Å². The van der Waals surface area contributed by atoms with E-state index in [1.807, 2.05) is 0 Å². The number of aryl methyl sites for hydroxylation is 1. The fourth-order valence-corrected chi connectivity index (χ4v) is 5.28. The maximum Gasteiger partial charge on any atom is 0.349 e. The third kappa shape index (κ3) is 3.25. The highest BCUT2D eigenvalue weighted by Crippen LogP contribution is 2.25. The van der Waals surface area contributed by atoms with Crippen LogP contribution in [-0.2, 0) is 27.6 Å². The van der Waals surface area contributed by atoms with Gasteiger partial charge in [0.1, 0.15) is 9.77 Å². The van der Waals surface area contributed by atoms with Gasteiger partial charge < -0.3 is 4.74 Å². The van der Waals surface area contributed by atoms with Gasteiger partial charge in [-0.25, -0.2) is 23.0 Å². The van der Waals surface area contributed by atoms with Gasteiger partial charge in [0.2, 0.25) is 10.0 Å². The SMILES string of the molecule is COC(=O)c1sccc1S(=O)(=O)NC1CCc2n[nH]c(=O)cc2C1. The van der Waals surface area contributed by atoms with E-state index in [2.05, 4.69) is 19.7 Å². The van der Waals surface area contributed by atoms with Gasteiger partial charge in [-0.2, -0.15) is 5.10 Å². The Hall–Kier alpha value is -2.04. The van der Waals surface area contributed by atoms with Gasteiger partial charge in [0, 0.05) is 12.1 Å². The minimum atomic E-state index is -3.86. The van der Waals surface area contributed by atoms with Crippen molar-refractivity contribution >= 4 is 27.3 Å². The Morgan fingerprint density at radius 2 is 2.29 bits per heavy atom. The average molecular weight is 369 g/mol. The zero-order valence-electron chi connectivity index (χ0n) is 12.7. The topological polar surface area (TPSA) is 118 Å². The van der Waals surface area contributed by atoms with Gasteiger partial charge in [0.05, 0.1) is 12.8 Å². The smallest absolute Gasteiger partial charge is 0.349 e. The predicted molar refractivity (Wildman–Crippen MR) is 86.7 cm³/mol. The van der Waals surface area contributed by atoms with Crippen LogP contribution in [0.4, 0.5) is 0 Å². The Bertz CT molecular complexity index is 932. The highest BCUT2D eigenvalue weighted by molar-refractivity contribution is 7.89. The number of fused-ring (bicyclic) bond motifs is 1. The van der Waals surface area contributed by atoms with Crippen LogP contribution >= 0.6 is 11.3 Å². The molecule has 0 amide bonds. The molecule has 1 atom stereocenters. The maximum atomic E-state index is 12.6. The molecule has 0 radical (unpaired) electrons. The molecule has 0 aromatic carbocycles. The standard InChI is InChI=1S/C14H15N3O5S2/c1-22-14(19)13-11(4-5-23-13)24(20,21)17-9-2-3-10-8(6-9)7-12(18)16-15-10/h4-5,7,9,17H,2-3,6H2,1H3,(H,16,18). The molecule has 1 aliphatic carbocycles. The molecule has 1 aliphatic rings.